The van der Waals surface area contributed by atoms with Gasteiger partial charge in [-0.2, -0.15) is 0 Å². The first kappa shape index (κ1) is 14.2. The molecule has 0 unspecified atom stereocenters. The fraction of sp³-hybridized carbons (Fsp3) is 0.385. The first-order valence-electron chi connectivity index (χ1n) is 5.91. The lowest BCUT2D eigenvalue weighted by atomic mass is 10.2. The molecule has 1 heterocycles. The molecule has 0 aliphatic carbocycles. The minimum absolute atomic E-state index is 0.0591. The van der Waals surface area contributed by atoms with Gasteiger partial charge in [0, 0.05) is 29.5 Å². The van der Waals surface area contributed by atoms with Gasteiger partial charge in [-0.05, 0) is 13.0 Å². The molecule has 6 heteroatoms. The van der Waals surface area contributed by atoms with Crippen LogP contribution in [0.5, 0.6) is 0 Å². The third-order valence-corrected chi connectivity index (χ3v) is 4.70. The Bertz CT molecular complexity index is 508. The zero-order chi connectivity index (χ0) is 14.0. The van der Waals surface area contributed by atoms with Crippen molar-refractivity contribution in [2.75, 3.05) is 6.54 Å². The molecule has 0 spiro atoms. The third kappa shape index (κ3) is 3.04. The van der Waals surface area contributed by atoms with E-state index in [1.54, 1.807) is 11.0 Å². The van der Waals surface area contributed by atoms with Crippen molar-refractivity contribution in [1.82, 2.24) is 4.90 Å². The molecule has 102 valence electrons. The summed E-state index contributed by atoms with van der Waals surface area (Å²) in [6.07, 6.45) is -0.167. The predicted molar refractivity (Wildman–Crippen MR) is 72.6 cm³/mol. The van der Waals surface area contributed by atoms with Crippen molar-refractivity contribution in [2.45, 2.75) is 24.0 Å². The van der Waals surface area contributed by atoms with Gasteiger partial charge in [0.15, 0.2) is 0 Å². The highest BCUT2D eigenvalue weighted by atomic mass is 35.5. The summed E-state index contributed by atoms with van der Waals surface area (Å²) in [4.78, 5) is 24.2. The van der Waals surface area contributed by atoms with Crippen LogP contribution in [0.25, 0.3) is 0 Å². The Morgan fingerprint density at radius 1 is 1.47 bits per heavy atom. The number of rotatable bonds is 4. The number of amides is 1. The average Bonchev–Trinajstić information content (AvgIpc) is 2.64. The molecule has 1 aromatic carbocycles. The molecule has 0 N–H and O–H groups in total. The second-order valence-electron chi connectivity index (χ2n) is 4.31. The van der Waals surface area contributed by atoms with Crippen LogP contribution in [0.4, 0.5) is 0 Å². The van der Waals surface area contributed by atoms with E-state index >= 15 is 0 Å². The summed E-state index contributed by atoms with van der Waals surface area (Å²) in [6.45, 7) is 1.96. The average molecular weight is 299 g/mol. The molecule has 1 amide bonds. The highest BCUT2D eigenvalue weighted by molar-refractivity contribution is 8.01. The molecule has 1 saturated heterocycles. The molecule has 0 radical (unpaired) electrons. The molecule has 1 aliphatic rings. The Hall–Kier alpha value is -1.20. The van der Waals surface area contributed by atoms with Gasteiger partial charge in [0.05, 0.1) is 5.25 Å². The number of carboxylic acid groups (broad SMARTS) is 1. The Morgan fingerprint density at radius 3 is 2.79 bits per heavy atom. The minimum Gasteiger partial charge on any atom is -0.550 e. The van der Waals surface area contributed by atoms with E-state index in [2.05, 4.69) is 0 Å². The molecule has 19 heavy (non-hydrogen) atoms. The number of hydrogen-bond acceptors (Lipinski definition) is 4. The van der Waals surface area contributed by atoms with E-state index in [4.69, 9.17) is 11.6 Å². The fourth-order valence-electron chi connectivity index (χ4n) is 2.03. The number of carbonyl (C=O) groups excluding carboxylic acids is 2. The molecule has 0 aromatic heterocycles. The maximum absolute atomic E-state index is 12.1. The van der Waals surface area contributed by atoms with Crippen LogP contribution < -0.4 is 5.11 Å². The van der Waals surface area contributed by atoms with Crippen molar-refractivity contribution in [3.63, 3.8) is 0 Å². The number of carboxylic acids is 1. The topological polar surface area (TPSA) is 60.4 Å². The maximum atomic E-state index is 12.1. The second kappa shape index (κ2) is 5.84. The third-order valence-electron chi connectivity index (χ3n) is 2.98. The van der Waals surface area contributed by atoms with Crippen LogP contribution in [-0.2, 0) is 9.59 Å². The van der Waals surface area contributed by atoms with E-state index in [1.807, 2.05) is 25.1 Å². The van der Waals surface area contributed by atoms with Crippen LogP contribution in [0.3, 0.4) is 0 Å². The SMILES string of the molecule is C[C@@H]1S[C@H](c2ccccc2Cl)N(CCC(=O)[O-])C1=O. The van der Waals surface area contributed by atoms with E-state index in [0.717, 1.165) is 5.56 Å². The lowest BCUT2D eigenvalue weighted by molar-refractivity contribution is -0.305. The first-order valence-corrected chi connectivity index (χ1v) is 7.23. The van der Waals surface area contributed by atoms with Crippen molar-refractivity contribution in [1.29, 1.82) is 0 Å². The molecule has 2 rings (SSSR count). The quantitative estimate of drug-likeness (QED) is 0.844. The maximum Gasteiger partial charge on any atom is 0.236 e. The number of nitrogens with zero attached hydrogens (tertiary/aromatic N) is 1. The summed E-state index contributed by atoms with van der Waals surface area (Å²) in [7, 11) is 0. The van der Waals surface area contributed by atoms with Crippen molar-refractivity contribution in [3.05, 3.63) is 34.9 Å². The van der Waals surface area contributed by atoms with Crippen LogP contribution in [0.1, 0.15) is 24.3 Å². The largest absolute Gasteiger partial charge is 0.550 e. The Balaban J connectivity index is 2.25. The summed E-state index contributed by atoms with van der Waals surface area (Å²) in [5.74, 6) is -1.22. The second-order valence-corrected chi connectivity index (χ2v) is 6.14. The number of thioether (sulfide) groups is 1. The molecule has 0 saturated carbocycles. The predicted octanol–water partition coefficient (Wildman–Crippen LogP) is 1.44. The van der Waals surface area contributed by atoms with Crippen molar-refractivity contribution < 1.29 is 14.7 Å². The Kier molecular flexibility index (Phi) is 4.37. The smallest absolute Gasteiger partial charge is 0.236 e. The van der Waals surface area contributed by atoms with Crippen LogP contribution in [0.15, 0.2) is 24.3 Å². The lowest BCUT2D eigenvalue weighted by Crippen LogP contribution is -2.35. The van der Waals surface area contributed by atoms with Crippen molar-refractivity contribution >= 4 is 35.2 Å². The van der Waals surface area contributed by atoms with Gasteiger partial charge in [-0.3, -0.25) is 4.79 Å². The van der Waals surface area contributed by atoms with Gasteiger partial charge in [-0.15, -0.1) is 11.8 Å². The summed E-state index contributed by atoms with van der Waals surface area (Å²) in [6, 6.07) is 7.30. The van der Waals surface area contributed by atoms with Gasteiger partial charge in [-0.1, -0.05) is 29.8 Å². The summed E-state index contributed by atoms with van der Waals surface area (Å²) < 4.78 is 0. The van der Waals surface area contributed by atoms with E-state index in [9.17, 15) is 14.7 Å². The Morgan fingerprint density at radius 2 is 2.16 bits per heavy atom. The van der Waals surface area contributed by atoms with Gasteiger partial charge in [-0.25, -0.2) is 0 Å². The van der Waals surface area contributed by atoms with Crippen LogP contribution in [0.2, 0.25) is 5.02 Å². The van der Waals surface area contributed by atoms with Crippen molar-refractivity contribution in [2.24, 2.45) is 0 Å². The van der Waals surface area contributed by atoms with Gasteiger partial charge >= 0.3 is 0 Å². The number of aliphatic carboxylic acids is 1. The molecule has 1 fully saturated rings. The van der Waals surface area contributed by atoms with Crippen molar-refractivity contribution in [3.8, 4) is 0 Å². The molecular weight excluding hydrogens is 286 g/mol. The standard InChI is InChI=1S/C13H14ClNO3S/c1-8-12(18)15(7-6-11(16)17)13(19-8)9-4-2-3-5-10(9)14/h2-5,8,13H,6-7H2,1H3,(H,16,17)/p-1/t8-,13+/m0/s1. The van der Waals surface area contributed by atoms with E-state index in [0.29, 0.717) is 5.02 Å². The normalized spacial score (nSPS) is 22.8. The van der Waals surface area contributed by atoms with E-state index in [1.165, 1.54) is 11.8 Å². The van der Waals surface area contributed by atoms with Crippen LogP contribution in [0, 0.1) is 0 Å². The summed E-state index contributed by atoms with van der Waals surface area (Å²) in [5, 5.41) is 10.7. The van der Waals surface area contributed by atoms with Gasteiger partial charge in [0.1, 0.15) is 5.37 Å². The number of hydrogen-bond donors (Lipinski definition) is 0. The molecule has 4 nitrogen and oxygen atoms in total. The van der Waals surface area contributed by atoms with E-state index in [-0.39, 0.29) is 29.5 Å². The summed E-state index contributed by atoms with van der Waals surface area (Å²) >= 11 is 7.63. The lowest BCUT2D eigenvalue weighted by Gasteiger charge is -2.25. The fourth-order valence-corrected chi connectivity index (χ4v) is 3.68. The first-order chi connectivity index (χ1) is 9.00. The summed E-state index contributed by atoms with van der Waals surface area (Å²) in [5.41, 5.74) is 0.838. The number of benzene rings is 1. The molecule has 2 atom stereocenters. The number of halogens is 1. The number of carbonyl (C=O) groups is 2. The zero-order valence-electron chi connectivity index (χ0n) is 10.3. The molecule has 1 aliphatic heterocycles. The molecular formula is C13H13ClNO3S-. The molecule has 0 bridgehead atoms. The van der Waals surface area contributed by atoms with Crippen LogP contribution in [-0.4, -0.2) is 28.6 Å². The van der Waals surface area contributed by atoms with Crippen LogP contribution >= 0.6 is 23.4 Å². The minimum atomic E-state index is -1.16. The van der Waals surface area contributed by atoms with Gasteiger partial charge < -0.3 is 14.8 Å². The monoisotopic (exact) mass is 298 g/mol. The van der Waals surface area contributed by atoms with Gasteiger partial charge in [0.25, 0.3) is 0 Å². The highest BCUT2D eigenvalue weighted by Gasteiger charge is 2.38. The molecule has 1 aromatic rings. The highest BCUT2D eigenvalue weighted by Crippen LogP contribution is 2.44. The Labute approximate surface area is 120 Å². The van der Waals surface area contributed by atoms with Gasteiger partial charge in [0.2, 0.25) is 5.91 Å². The zero-order valence-corrected chi connectivity index (χ0v) is 11.9. The van der Waals surface area contributed by atoms with E-state index < -0.39 is 5.97 Å².